The fourth-order valence-corrected chi connectivity index (χ4v) is 5.97. The van der Waals surface area contributed by atoms with Gasteiger partial charge in [0.25, 0.3) is 0 Å². The Morgan fingerprint density at radius 2 is 1.55 bits per heavy atom. The molecule has 0 saturated carbocycles. The molecule has 194 valence electrons. The van der Waals surface area contributed by atoms with Gasteiger partial charge in [0, 0.05) is 24.0 Å². The van der Waals surface area contributed by atoms with Crippen LogP contribution in [0.5, 0.6) is 0 Å². The van der Waals surface area contributed by atoms with E-state index in [1.807, 2.05) is 36.4 Å². The van der Waals surface area contributed by atoms with E-state index in [0.717, 1.165) is 41.4 Å². The number of benzene rings is 3. The van der Waals surface area contributed by atoms with Crippen molar-refractivity contribution in [3.8, 4) is 0 Å². The summed E-state index contributed by atoms with van der Waals surface area (Å²) >= 11 is 6.32. The van der Waals surface area contributed by atoms with Crippen LogP contribution in [0.25, 0.3) is 5.70 Å². The number of halogens is 1. The average molecular weight is 526 g/mol. The van der Waals surface area contributed by atoms with Gasteiger partial charge in [-0.2, -0.15) is 0 Å². The van der Waals surface area contributed by atoms with Crippen molar-refractivity contribution < 1.29 is 9.47 Å². The van der Waals surface area contributed by atoms with Crippen molar-refractivity contribution in [3.63, 3.8) is 0 Å². The summed E-state index contributed by atoms with van der Waals surface area (Å²) in [6.07, 6.45) is 2.24. The second-order valence-electron chi connectivity index (χ2n) is 10.4. The monoisotopic (exact) mass is 525 g/mol. The SMILES string of the molecule is CC(C)C(C1=N[C@@]2(c3ccccc3)C(=NC(c3ccccc3)=C[C@H]2c2ccc(Cl)cc2)O1)N1CCOCC1. The average Bonchev–Trinajstić information content (AvgIpc) is 3.34. The number of hydrogen-bond acceptors (Lipinski definition) is 5. The van der Waals surface area contributed by atoms with Gasteiger partial charge in [-0.1, -0.05) is 98.2 Å². The lowest BCUT2D eigenvalue weighted by Gasteiger charge is -2.36. The first-order valence-electron chi connectivity index (χ1n) is 13.3. The van der Waals surface area contributed by atoms with Crippen LogP contribution in [-0.2, 0) is 15.0 Å². The van der Waals surface area contributed by atoms with Crippen molar-refractivity contribution in [2.24, 2.45) is 15.9 Å². The number of rotatable bonds is 6. The molecule has 0 amide bonds. The molecule has 3 aliphatic rings. The summed E-state index contributed by atoms with van der Waals surface area (Å²) in [6, 6.07) is 28.8. The van der Waals surface area contributed by atoms with Crippen molar-refractivity contribution in [2.45, 2.75) is 31.3 Å². The van der Waals surface area contributed by atoms with E-state index < -0.39 is 5.54 Å². The summed E-state index contributed by atoms with van der Waals surface area (Å²) in [5.41, 5.74) is 3.28. The van der Waals surface area contributed by atoms with Gasteiger partial charge in [0.05, 0.1) is 25.0 Å². The van der Waals surface area contributed by atoms with Crippen molar-refractivity contribution >= 4 is 29.1 Å². The minimum absolute atomic E-state index is 0.0267. The van der Waals surface area contributed by atoms with Crippen LogP contribution in [0.2, 0.25) is 5.02 Å². The number of morpholine rings is 1. The molecule has 0 bridgehead atoms. The summed E-state index contributed by atoms with van der Waals surface area (Å²) in [4.78, 5) is 13.1. The van der Waals surface area contributed by atoms with E-state index in [-0.39, 0.29) is 12.0 Å². The van der Waals surface area contributed by atoms with Gasteiger partial charge >= 0.3 is 0 Å². The minimum Gasteiger partial charge on any atom is -0.424 e. The molecular weight excluding hydrogens is 494 g/mol. The Kier molecular flexibility index (Phi) is 6.91. The molecule has 0 aliphatic carbocycles. The molecule has 1 fully saturated rings. The Morgan fingerprint density at radius 1 is 0.895 bits per heavy atom. The molecule has 1 unspecified atom stereocenters. The smallest absolute Gasteiger partial charge is 0.230 e. The van der Waals surface area contributed by atoms with Gasteiger partial charge in [-0.25, -0.2) is 9.98 Å². The normalized spacial score (nSPS) is 24.2. The Morgan fingerprint density at radius 3 is 2.21 bits per heavy atom. The number of hydrogen-bond donors (Lipinski definition) is 0. The zero-order valence-corrected chi connectivity index (χ0v) is 22.5. The predicted molar refractivity (Wildman–Crippen MR) is 154 cm³/mol. The zero-order chi connectivity index (χ0) is 26.1. The number of fused-ring (bicyclic) bond motifs is 1. The van der Waals surface area contributed by atoms with Crippen molar-refractivity contribution in [1.82, 2.24) is 4.90 Å². The van der Waals surface area contributed by atoms with E-state index in [1.54, 1.807) is 0 Å². The fraction of sp³-hybridized carbons (Fsp3) is 0.312. The van der Waals surface area contributed by atoms with Crippen LogP contribution in [0.4, 0.5) is 0 Å². The molecule has 0 spiro atoms. The first-order valence-corrected chi connectivity index (χ1v) is 13.7. The summed E-state index contributed by atoms with van der Waals surface area (Å²) in [7, 11) is 0. The maximum atomic E-state index is 6.78. The molecule has 0 N–H and O–H groups in total. The van der Waals surface area contributed by atoms with Crippen LogP contribution in [-0.4, -0.2) is 49.0 Å². The highest BCUT2D eigenvalue weighted by atomic mass is 35.5. The summed E-state index contributed by atoms with van der Waals surface area (Å²) < 4.78 is 12.4. The van der Waals surface area contributed by atoms with E-state index >= 15 is 0 Å². The van der Waals surface area contributed by atoms with E-state index in [0.29, 0.717) is 30.1 Å². The van der Waals surface area contributed by atoms with Gasteiger partial charge in [0.15, 0.2) is 5.54 Å². The molecule has 6 heteroatoms. The van der Waals surface area contributed by atoms with Crippen LogP contribution in [0, 0.1) is 5.92 Å². The lowest BCUT2D eigenvalue weighted by molar-refractivity contribution is 0.0188. The first-order chi connectivity index (χ1) is 18.6. The Balaban J connectivity index is 1.56. The van der Waals surface area contributed by atoms with Crippen LogP contribution >= 0.6 is 11.6 Å². The topological polar surface area (TPSA) is 46.4 Å². The van der Waals surface area contributed by atoms with E-state index in [1.165, 1.54) is 0 Å². The van der Waals surface area contributed by atoms with E-state index in [2.05, 4.69) is 73.4 Å². The van der Waals surface area contributed by atoms with Gasteiger partial charge in [-0.05, 0) is 40.8 Å². The predicted octanol–water partition coefficient (Wildman–Crippen LogP) is 6.56. The third-order valence-electron chi connectivity index (χ3n) is 7.65. The first kappa shape index (κ1) is 25.1. The summed E-state index contributed by atoms with van der Waals surface area (Å²) in [6.45, 7) is 7.60. The molecule has 6 rings (SSSR count). The zero-order valence-electron chi connectivity index (χ0n) is 21.8. The van der Waals surface area contributed by atoms with Crippen LogP contribution in [0.1, 0.15) is 36.5 Å². The molecule has 5 nitrogen and oxygen atoms in total. The number of ether oxygens (including phenoxy) is 2. The molecule has 38 heavy (non-hydrogen) atoms. The molecule has 0 aromatic heterocycles. The third kappa shape index (κ3) is 4.49. The molecule has 1 saturated heterocycles. The van der Waals surface area contributed by atoms with Gasteiger partial charge in [-0.15, -0.1) is 0 Å². The second kappa shape index (κ2) is 10.5. The standard InChI is InChI=1S/C32H32ClN3O2/c1-22(2)29(36-17-19-37-20-18-36)30-35-32(25-11-7-4-8-12-25)27(23-13-15-26(33)16-14-23)21-28(34-31(32)38-30)24-9-5-3-6-10-24/h3-16,21-22,27,29H,17-20H2,1-2H3/t27-,29?,32+/m0/s1. The summed E-state index contributed by atoms with van der Waals surface area (Å²) in [5.74, 6) is 1.51. The quantitative estimate of drug-likeness (QED) is 0.366. The molecule has 0 radical (unpaired) electrons. The number of nitrogens with zero attached hydrogens (tertiary/aromatic N) is 3. The molecule has 3 atom stereocenters. The largest absolute Gasteiger partial charge is 0.424 e. The highest BCUT2D eigenvalue weighted by Gasteiger charge is 2.55. The van der Waals surface area contributed by atoms with Gasteiger partial charge in [-0.3, -0.25) is 4.90 Å². The number of aliphatic imine (C=N–C) groups is 2. The highest BCUT2D eigenvalue weighted by molar-refractivity contribution is 6.30. The van der Waals surface area contributed by atoms with Crippen LogP contribution in [0.15, 0.2) is 101 Å². The Hall–Kier alpha value is -3.25. The van der Waals surface area contributed by atoms with Crippen molar-refractivity contribution in [1.29, 1.82) is 0 Å². The Bertz CT molecular complexity index is 1360. The van der Waals surface area contributed by atoms with Crippen LogP contribution in [0.3, 0.4) is 0 Å². The lowest BCUT2D eigenvalue weighted by Crippen LogP contribution is -2.50. The fourth-order valence-electron chi connectivity index (χ4n) is 5.84. The highest BCUT2D eigenvalue weighted by Crippen LogP contribution is 2.51. The minimum atomic E-state index is -0.817. The molecule has 3 heterocycles. The van der Waals surface area contributed by atoms with E-state index in [9.17, 15) is 0 Å². The molecular formula is C32H32ClN3O2. The molecule has 3 aliphatic heterocycles. The van der Waals surface area contributed by atoms with Gasteiger partial charge in [0.2, 0.25) is 11.8 Å². The maximum absolute atomic E-state index is 6.78. The van der Waals surface area contributed by atoms with Crippen LogP contribution < -0.4 is 0 Å². The van der Waals surface area contributed by atoms with Crippen molar-refractivity contribution in [2.75, 3.05) is 26.3 Å². The Labute approximate surface area is 229 Å². The van der Waals surface area contributed by atoms with Gasteiger partial charge < -0.3 is 9.47 Å². The summed E-state index contributed by atoms with van der Waals surface area (Å²) in [5, 5.41) is 0.707. The maximum Gasteiger partial charge on any atom is 0.230 e. The molecule has 3 aromatic carbocycles. The van der Waals surface area contributed by atoms with Crippen molar-refractivity contribution in [3.05, 3.63) is 113 Å². The molecule has 3 aromatic rings. The second-order valence-corrected chi connectivity index (χ2v) is 10.8. The van der Waals surface area contributed by atoms with E-state index in [4.69, 9.17) is 31.1 Å². The van der Waals surface area contributed by atoms with Gasteiger partial charge in [0.1, 0.15) is 0 Å². The third-order valence-corrected chi connectivity index (χ3v) is 7.90. The lowest BCUT2D eigenvalue weighted by atomic mass is 9.72.